The number of halogens is 3. The van der Waals surface area contributed by atoms with Crippen molar-refractivity contribution < 1.29 is 18.0 Å². The van der Waals surface area contributed by atoms with Crippen molar-refractivity contribution in [2.45, 2.75) is 26.1 Å². The number of anilines is 3. The second-order valence-electron chi connectivity index (χ2n) is 7.24. The fourth-order valence-corrected chi connectivity index (χ4v) is 3.45. The Morgan fingerprint density at radius 3 is 2.77 bits per heavy atom. The van der Waals surface area contributed by atoms with Gasteiger partial charge < -0.3 is 16.0 Å². The largest absolute Gasteiger partial charge is 0.416 e. The number of hydrogen-bond donors (Lipinski definition) is 2. The molecular weight excluding hydrogens is 409 g/mol. The van der Waals surface area contributed by atoms with Gasteiger partial charge in [-0.15, -0.1) is 0 Å². The Kier molecular flexibility index (Phi) is 5.22. The van der Waals surface area contributed by atoms with Crippen LogP contribution >= 0.6 is 0 Å². The number of aromatic nitrogens is 3. The molecule has 10 heteroatoms. The number of carbonyl (C=O) groups excluding carboxylic acids is 1. The number of nitrogens with zero attached hydrogens (tertiary/aromatic N) is 4. The van der Waals surface area contributed by atoms with E-state index in [0.29, 0.717) is 25.3 Å². The molecule has 3 aromatic rings. The normalized spacial score (nSPS) is 13.6. The number of alkyl halides is 3. The number of rotatable bonds is 3. The van der Waals surface area contributed by atoms with E-state index in [2.05, 4.69) is 20.3 Å². The number of pyridine rings is 1. The minimum atomic E-state index is -4.49. The fraction of sp³-hybridized carbons (Fsp3) is 0.238. The van der Waals surface area contributed by atoms with E-state index in [0.717, 1.165) is 29.0 Å². The standard InChI is InChI=1S/C21H19F3N6O/c1-12-5-6-17(19(31)27-15-4-2-3-14(9-15)21(22,23)24)28-18(12)30-8-7-16-13(11-30)10-26-20(25)29-16/h2-6,9-10H,7-8,11H2,1H3,(H,27,31)(H2,25,26,29). The summed E-state index contributed by atoms with van der Waals surface area (Å²) in [5, 5.41) is 2.49. The van der Waals surface area contributed by atoms with E-state index in [4.69, 9.17) is 5.73 Å². The van der Waals surface area contributed by atoms with Gasteiger partial charge in [0, 0.05) is 37.0 Å². The smallest absolute Gasteiger partial charge is 0.368 e. The summed E-state index contributed by atoms with van der Waals surface area (Å²) < 4.78 is 38.7. The lowest BCUT2D eigenvalue weighted by Gasteiger charge is -2.30. The van der Waals surface area contributed by atoms with Gasteiger partial charge in [0.05, 0.1) is 11.3 Å². The van der Waals surface area contributed by atoms with E-state index in [1.807, 2.05) is 11.8 Å². The van der Waals surface area contributed by atoms with Crippen molar-refractivity contribution in [2.75, 3.05) is 22.5 Å². The number of fused-ring (bicyclic) bond motifs is 1. The Balaban J connectivity index is 1.55. The van der Waals surface area contributed by atoms with E-state index in [9.17, 15) is 18.0 Å². The third-order valence-electron chi connectivity index (χ3n) is 5.00. The van der Waals surface area contributed by atoms with Crippen LogP contribution in [0.25, 0.3) is 0 Å². The fourth-order valence-electron chi connectivity index (χ4n) is 3.45. The molecule has 0 saturated carbocycles. The van der Waals surface area contributed by atoms with Gasteiger partial charge in [0.1, 0.15) is 11.5 Å². The first-order valence-electron chi connectivity index (χ1n) is 9.52. The lowest BCUT2D eigenvalue weighted by atomic mass is 10.1. The molecule has 0 fully saturated rings. The van der Waals surface area contributed by atoms with Crippen molar-refractivity contribution in [3.8, 4) is 0 Å². The SMILES string of the molecule is Cc1ccc(C(=O)Nc2cccc(C(F)(F)F)c2)nc1N1CCc2nc(N)ncc2C1. The third kappa shape index (κ3) is 4.42. The first-order valence-corrected chi connectivity index (χ1v) is 9.52. The number of amides is 1. The molecule has 0 spiro atoms. The van der Waals surface area contributed by atoms with Crippen LogP contribution in [-0.4, -0.2) is 27.4 Å². The Morgan fingerprint density at radius 1 is 1.19 bits per heavy atom. The van der Waals surface area contributed by atoms with Crippen molar-refractivity contribution in [3.05, 3.63) is 70.7 Å². The Bertz CT molecular complexity index is 1150. The van der Waals surface area contributed by atoms with Crippen LogP contribution in [0.1, 0.15) is 32.9 Å². The second kappa shape index (κ2) is 7.86. The highest BCUT2D eigenvalue weighted by molar-refractivity contribution is 6.03. The van der Waals surface area contributed by atoms with Crippen LogP contribution in [0.4, 0.5) is 30.6 Å². The van der Waals surface area contributed by atoms with Gasteiger partial charge in [-0.05, 0) is 36.8 Å². The Hall–Kier alpha value is -3.69. The molecule has 3 heterocycles. The summed E-state index contributed by atoms with van der Waals surface area (Å²) in [7, 11) is 0. The van der Waals surface area contributed by atoms with Gasteiger partial charge in [0.15, 0.2) is 0 Å². The van der Waals surface area contributed by atoms with E-state index in [1.165, 1.54) is 12.1 Å². The maximum Gasteiger partial charge on any atom is 0.416 e. The molecular formula is C21H19F3N6O. The van der Waals surface area contributed by atoms with Gasteiger partial charge in [0.25, 0.3) is 5.91 Å². The highest BCUT2D eigenvalue weighted by Crippen LogP contribution is 2.31. The quantitative estimate of drug-likeness (QED) is 0.662. The van der Waals surface area contributed by atoms with Crippen molar-refractivity contribution in [2.24, 2.45) is 0 Å². The van der Waals surface area contributed by atoms with Gasteiger partial charge >= 0.3 is 6.18 Å². The van der Waals surface area contributed by atoms with E-state index >= 15 is 0 Å². The van der Waals surface area contributed by atoms with Crippen LogP contribution in [0.5, 0.6) is 0 Å². The minimum Gasteiger partial charge on any atom is -0.368 e. The average Bonchev–Trinajstić information content (AvgIpc) is 2.73. The van der Waals surface area contributed by atoms with Crippen molar-refractivity contribution >= 4 is 23.4 Å². The van der Waals surface area contributed by atoms with Crippen LogP contribution in [0.15, 0.2) is 42.6 Å². The molecule has 0 bridgehead atoms. The van der Waals surface area contributed by atoms with Gasteiger partial charge in [0.2, 0.25) is 5.95 Å². The molecule has 1 aliphatic heterocycles. The molecule has 160 valence electrons. The molecule has 7 nitrogen and oxygen atoms in total. The minimum absolute atomic E-state index is 0.0467. The number of nitrogen functional groups attached to an aromatic ring is 1. The zero-order valence-electron chi connectivity index (χ0n) is 16.6. The summed E-state index contributed by atoms with van der Waals surface area (Å²) in [4.78, 5) is 27.4. The average molecular weight is 428 g/mol. The second-order valence-corrected chi connectivity index (χ2v) is 7.24. The van der Waals surface area contributed by atoms with E-state index < -0.39 is 17.6 Å². The molecule has 0 atom stereocenters. The predicted octanol–water partition coefficient (Wildman–Crippen LogP) is 3.60. The lowest BCUT2D eigenvalue weighted by Crippen LogP contribution is -2.33. The van der Waals surface area contributed by atoms with Gasteiger partial charge in [-0.3, -0.25) is 4.79 Å². The van der Waals surface area contributed by atoms with Gasteiger partial charge in [-0.1, -0.05) is 12.1 Å². The van der Waals surface area contributed by atoms with E-state index in [-0.39, 0.29) is 17.3 Å². The highest BCUT2D eigenvalue weighted by Gasteiger charge is 2.30. The van der Waals surface area contributed by atoms with Crippen LogP contribution in [0.3, 0.4) is 0 Å². The predicted molar refractivity (Wildman–Crippen MR) is 110 cm³/mol. The molecule has 2 aromatic heterocycles. The molecule has 0 aliphatic carbocycles. The summed E-state index contributed by atoms with van der Waals surface area (Å²) in [6.45, 7) is 3.03. The topological polar surface area (TPSA) is 97.0 Å². The maximum atomic E-state index is 12.9. The number of benzene rings is 1. The summed E-state index contributed by atoms with van der Waals surface area (Å²) >= 11 is 0. The third-order valence-corrected chi connectivity index (χ3v) is 5.00. The van der Waals surface area contributed by atoms with Crippen molar-refractivity contribution in [1.29, 1.82) is 0 Å². The summed E-state index contributed by atoms with van der Waals surface area (Å²) in [6.07, 6.45) is -2.15. The number of aryl methyl sites for hydroxylation is 1. The molecule has 0 radical (unpaired) electrons. The summed E-state index contributed by atoms with van der Waals surface area (Å²) in [5.74, 6) is 0.267. The molecule has 1 aromatic carbocycles. The molecule has 0 unspecified atom stereocenters. The van der Waals surface area contributed by atoms with Crippen LogP contribution in [0.2, 0.25) is 0 Å². The van der Waals surface area contributed by atoms with E-state index in [1.54, 1.807) is 18.3 Å². The van der Waals surface area contributed by atoms with Crippen molar-refractivity contribution in [1.82, 2.24) is 15.0 Å². The molecule has 31 heavy (non-hydrogen) atoms. The summed E-state index contributed by atoms with van der Waals surface area (Å²) in [6, 6.07) is 7.79. The molecule has 3 N–H and O–H groups in total. The van der Waals surface area contributed by atoms with Crippen molar-refractivity contribution in [3.63, 3.8) is 0 Å². The summed E-state index contributed by atoms with van der Waals surface area (Å²) in [5.41, 5.74) is 7.66. The van der Waals surface area contributed by atoms with Gasteiger partial charge in [-0.25, -0.2) is 15.0 Å². The molecule has 1 amide bonds. The molecule has 4 rings (SSSR count). The molecule has 1 aliphatic rings. The van der Waals surface area contributed by atoms with Crippen LogP contribution < -0.4 is 16.0 Å². The zero-order valence-corrected chi connectivity index (χ0v) is 16.6. The lowest BCUT2D eigenvalue weighted by molar-refractivity contribution is -0.137. The Morgan fingerprint density at radius 2 is 2.00 bits per heavy atom. The highest BCUT2D eigenvalue weighted by atomic mass is 19.4. The maximum absolute atomic E-state index is 12.9. The van der Waals surface area contributed by atoms with Gasteiger partial charge in [-0.2, -0.15) is 13.2 Å². The van der Waals surface area contributed by atoms with Crippen LogP contribution in [-0.2, 0) is 19.1 Å². The first kappa shape index (κ1) is 20.6. The van der Waals surface area contributed by atoms with Crippen LogP contribution in [0, 0.1) is 6.92 Å². The number of carbonyl (C=O) groups is 1. The number of hydrogen-bond acceptors (Lipinski definition) is 6. The Labute approximate surface area is 176 Å². The monoisotopic (exact) mass is 428 g/mol. The number of nitrogens with two attached hydrogens (primary N) is 1. The zero-order chi connectivity index (χ0) is 22.2. The first-order chi connectivity index (χ1) is 14.7. The molecule has 0 saturated heterocycles. The number of nitrogens with one attached hydrogen (secondary N) is 1.